The van der Waals surface area contributed by atoms with Gasteiger partial charge in [-0.05, 0) is 36.1 Å². The zero-order valence-electron chi connectivity index (χ0n) is 15.0. The van der Waals surface area contributed by atoms with Crippen molar-refractivity contribution >= 4 is 18.1 Å². The van der Waals surface area contributed by atoms with E-state index in [2.05, 4.69) is 16.0 Å². The first-order valence-corrected chi connectivity index (χ1v) is 8.51. The summed E-state index contributed by atoms with van der Waals surface area (Å²) in [5.74, 6) is 0.664. The van der Waals surface area contributed by atoms with E-state index in [1.54, 1.807) is 37.6 Å². The summed E-state index contributed by atoms with van der Waals surface area (Å²) in [5.41, 5.74) is 3.85. The zero-order chi connectivity index (χ0) is 18.5. The van der Waals surface area contributed by atoms with Crippen LogP contribution in [0.25, 0.3) is 11.1 Å². The lowest BCUT2D eigenvalue weighted by Crippen LogP contribution is -2.28. The van der Waals surface area contributed by atoms with Crippen LogP contribution in [-0.4, -0.2) is 54.4 Å². The Morgan fingerprint density at radius 3 is 2.85 bits per heavy atom. The summed E-state index contributed by atoms with van der Waals surface area (Å²) in [7, 11) is 3.39. The molecule has 2 aromatic rings. The van der Waals surface area contributed by atoms with Crippen molar-refractivity contribution in [1.82, 2.24) is 14.9 Å². The van der Waals surface area contributed by atoms with Crippen molar-refractivity contribution in [2.45, 2.75) is 19.4 Å². The highest BCUT2D eigenvalue weighted by atomic mass is 16.5. The summed E-state index contributed by atoms with van der Waals surface area (Å²) in [6.45, 7) is 1.07. The van der Waals surface area contributed by atoms with Crippen LogP contribution in [0.1, 0.15) is 17.5 Å². The van der Waals surface area contributed by atoms with Gasteiger partial charge in [-0.3, -0.25) is 19.5 Å². The predicted octanol–water partition coefficient (Wildman–Crippen LogP) is 1.66. The van der Waals surface area contributed by atoms with E-state index in [0.717, 1.165) is 47.3 Å². The first-order chi connectivity index (χ1) is 12.6. The molecule has 136 valence electrons. The maximum Gasteiger partial charge on any atom is 0.248 e. The molecule has 0 aliphatic carbocycles. The van der Waals surface area contributed by atoms with Crippen molar-refractivity contribution in [3.05, 3.63) is 41.9 Å². The van der Waals surface area contributed by atoms with Crippen LogP contribution >= 0.6 is 0 Å². The van der Waals surface area contributed by atoms with E-state index < -0.39 is 0 Å². The van der Waals surface area contributed by atoms with Gasteiger partial charge in [0.05, 0.1) is 6.61 Å². The SMILES string of the molecule is CN(C)C(=O)COCc1cncc(-c2cnc3c(c2)CCCN3C=O)c1. The number of pyridine rings is 2. The van der Waals surface area contributed by atoms with Crippen molar-refractivity contribution in [3.63, 3.8) is 0 Å². The predicted molar refractivity (Wildman–Crippen MR) is 97.5 cm³/mol. The zero-order valence-corrected chi connectivity index (χ0v) is 15.0. The molecule has 0 N–H and O–H groups in total. The molecule has 26 heavy (non-hydrogen) atoms. The molecule has 7 heteroatoms. The minimum atomic E-state index is -0.0762. The van der Waals surface area contributed by atoms with Gasteiger partial charge >= 0.3 is 0 Å². The lowest BCUT2D eigenvalue weighted by molar-refractivity contribution is -0.134. The monoisotopic (exact) mass is 354 g/mol. The van der Waals surface area contributed by atoms with Crippen molar-refractivity contribution in [1.29, 1.82) is 0 Å². The van der Waals surface area contributed by atoms with E-state index in [-0.39, 0.29) is 12.5 Å². The number of hydrogen-bond donors (Lipinski definition) is 0. The number of nitrogens with zero attached hydrogens (tertiary/aromatic N) is 4. The molecule has 1 aliphatic heterocycles. The molecule has 0 spiro atoms. The highest BCUT2D eigenvalue weighted by Crippen LogP contribution is 2.28. The molecule has 0 bridgehead atoms. The second-order valence-electron chi connectivity index (χ2n) is 6.47. The standard InChI is InChI=1S/C19H22N4O3/c1-22(2)18(25)12-26-11-14-6-16(9-20-8-14)17-7-15-4-3-5-23(13-24)19(15)21-10-17/h6-10,13H,3-5,11-12H2,1-2H3. The molecule has 0 saturated heterocycles. The number of ether oxygens (including phenoxy) is 1. The molecule has 0 atom stereocenters. The second-order valence-corrected chi connectivity index (χ2v) is 6.47. The quantitative estimate of drug-likeness (QED) is 0.738. The van der Waals surface area contributed by atoms with Crippen molar-refractivity contribution < 1.29 is 14.3 Å². The molecule has 2 aromatic heterocycles. The first kappa shape index (κ1) is 18.0. The Morgan fingerprint density at radius 1 is 1.27 bits per heavy atom. The van der Waals surface area contributed by atoms with Crippen LogP contribution in [0, 0.1) is 0 Å². The molecule has 0 radical (unpaired) electrons. The number of fused-ring (bicyclic) bond motifs is 1. The van der Waals surface area contributed by atoms with Crippen molar-refractivity contribution in [2.24, 2.45) is 0 Å². The number of carbonyl (C=O) groups is 2. The van der Waals surface area contributed by atoms with Crippen LogP contribution in [0.2, 0.25) is 0 Å². The van der Waals surface area contributed by atoms with Crippen LogP contribution in [0.15, 0.2) is 30.7 Å². The molecule has 0 aromatic carbocycles. The number of aromatic nitrogens is 2. The molecule has 0 fully saturated rings. The Morgan fingerprint density at radius 2 is 2.08 bits per heavy atom. The molecule has 3 rings (SSSR count). The Bertz CT molecular complexity index is 807. The van der Waals surface area contributed by atoms with E-state index in [9.17, 15) is 9.59 Å². The Balaban J connectivity index is 1.74. The van der Waals surface area contributed by atoms with Crippen LogP contribution in [-0.2, 0) is 27.4 Å². The number of amides is 2. The highest BCUT2D eigenvalue weighted by molar-refractivity contribution is 5.77. The molecule has 2 amide bonds. The van der Waals surface area contributed by atoms with Crippen LogP contribution < -0.4 is 4.90 Å². The average molecular weight is 354 g/mol. The summed E-state index contributed by atoms with van der Waals surface area (Å²) >= 11 is 0. The number of aryl methyl sites for hydroxylation is 1. The summed E-state index contributed by atoms with van der Waals surface area (Å²) in [6.07, 6.45) is 7.94. The smallest absolute Gasteiger partial charge is 0.248 e. The minimum Gasteiger partial charge on any atom is -0.367 e. The number of hydrogen-bond acceptors (Lipinski definition) is 5. The van der Waals surface area contributed by atoms with Crippen LogP contribution in [0.4, 0.5) is 5.82 Å². The topological polar surface area (TPSA) is 75.6 Å². The lowest BCUT2D eigenvalue weighted by atomic mass is 10.0. The first-order valence-electron chi connectivity index (χ1n) is 8.51. The van der Waals surface area contributed by atoms with Gasteiger partial charge in [0, 0.05) is 50.4 Å². The van der Waals surface area contributed by atoms with Gasteiger partial charge in [0.1, 0.15) is 12.4 Å². The van der Waals surface area contributed by atoms with E-state index in [4.69, 9.17) is 4.74 Å². The molecular weight excluding hydrogens is 332 g/mol. The fraction of sp³-hybridized carbons (Fsp3) is 0.368. The van der Waals surface area contributed by atoms with Gasteiger partial charge in [-0.2, -0.15) is 0 Å². The number of rotatable bonds is 6. The molecule has 1 aliphatic rings. The third kappa shape index (κ3) is 4.05. The Kier molecular flexibility index (Phi) is 5.58. The van der Waals surface area contributed by atoms with Gasteiger partial charge in [0.15, 0.2) is 0 Å². The number of anilines is 1. The van der Waals surface area contributed by atoms with Crippen LogP contribution in [0.5, 0.6) is 0 Å². The summed E-state index contributed by atoms with van der Waals surface area (Å²) in [6, 6.07) is 4.05. The van der Waals surface area contributed by atoms with Gasteiger partial charge in [0.2, 0.25) is 12.3 Å². The largest absolute Gasteiger partial charge is 0.367 e. The van der Waals surface area contributed by atoms with E-state index in [1.807, 2.05) is 6.07 Å². The summed E-state index contributed by atoms with van der Waals surface area (Å²) in [5, 5.41) is 0. The highest BCUT2D eigenvalue weighted by Gasteiger charge is 2.18. The molecular formula is C19H22N4O3. The maximum absolute atomic E-state index is 11.6. The minimum absolute atomic E-state index is 0.0408. The van der Waals surface area contributed by atoms with E-state index in [1.165, 1.54) is 4.90 Å². The van der Waals surface area contributed by atoms with Crippen molar-refractivity contribution in [3.8, 4) is 11.1 Å². The third-order valence-electron chi connectivity index (χ3n) is 4.31. The van der Waals surface area contributed by atoms with E-state index >= 15 is 0 Å². The maximum atomic E-state index is 11.6. The second kappa shape index (κ2) is 8.05. The van der Waals surface area contributed by atoms with Gasteiger partial charge in [0.25, 0.3) is 0 Å². The third-order valence-corrected chi connectivity index (χ3v) is 4.31. The normalized spacial score (nSPS) is 13.2. The summed E-state index contributed by atoms with van der Waals surface area (Å²) < 4.78 is 5.46. The van der Waals surface area contributed by atoms with Gasteiger partial charge in [-0.25, -0.2) is 4.98 Å². The van der Waals surface area contributed by atoms with Crippen LogP contribution in [0.3, 0.4) is 0 Å². The molecule has 3 heterocycles. The van der Waals surface area contributed by atoms with Gasteiger partial charge in [-0.15, -0.1) is 0 Å². The molecule has 0 unspecified atom stereocenters. The fourth-order valence-electron chi connectivity index (χ4n) is 2.86. The molecule has 0 saturated carbocycles. The Hall–Kier alpha value is -2.80. The number of likely N-dealkylation sites (N-methyl/N-ethyl adjacent to an activating group) is 1. The number of carbonyl (C=O) groups excluding carboxylic acids is 2. The fourth-order valence-corrected chi connectivity index (χ4v) is 2.86. The van der Waals surface area contributed by atoms with Gasteiger partial charge < -0.3 is 9.64 Å². The lowest BCUT2D eigenvalue weighted by Gasteiger charge is -2.24. The van der Waals surface area contributed by atoms with E-state index in [0.29, 0.717) is 13.2 Å². The van der Waals surface area contributed by atoms with Crippen molar-refractivity contribution in [2.75, 3.05) is 32.1 Å². The average Bonchev–Trinajstić information content (AvgIpc) is 2.67. The summed E-state index contributed by atoms with van der Waals surface area (Å²) in [4.78, 5) is 34.6. The van der Waals surface area contributed by atoms with Gasteiger partial charge in [-0.1, -0.05) is 0 Å². The Labute approximate surface area is 152 Å². The molecule has 7 nitrogen and oxygen atoms in total.